The summed E-state index contributed by atoms with van der Waals surface area (Å²) in [4.78, 5) is 11.0. The van der Waals surface area contributed by atoms with Gasteiger partial charge < -0.3 is 10.6 Å². The third kappa shape index (κ3) is 2.50. The molecule has 19 heavy (non-hydrogen) atoms. The maximum atomic E-state index is 5.64. The Labute approximate surface area is 117 Å². The molecule has 0 saturated carbocycles. The predicted molar refractivity (Wildman–Crippen MR) is 74.2 cm³/mol. The van der Waals surface area contributed by atoms with Gasteiger partial charge in [0.1, 0.15) is 17.9 Å². The second-order valence-corrected chi connectivity index (χ2v) is 4.86. The highest BCUT2D eigenvalue weighted by Gasteiger charge is 2.07. The zero-order chi connectivity index (χ0) is 13.2. The molecule has 0 aliphatic rings. The second-order valence-electron chi connectivity index (χ2n) is 3.94. The Hall–Kier alpha value is -2.15. The van der Waals surface area contributed by atoms with Crippen LogP contribution in [-0.4, -0.2) is 20.1 Å². The molecule has 7 heteroatoms. The second kappa shape index (κ2) is 4.85. The molecule has 2 heterocycles. The molecule has 0 aliphatic carbocycles. The highest BCUT2D eigenvalue weighted by Crippen LogP contribution is 2.13. The SMILES string of the molecule is Nc1ccc2nnn(OCc3cccc(Br)c3)c2n1. The third-order valence-corrected chi connectivity index (χ3v) is 3.03. The molecule has 3 rings (SSSR count). The van der Waals surface area contributed by atoms with Gasteiger partial charge in [0.25, 0.3) is 0 Å². The van der Waals surface area contributed by atoms with Crippen molar-refractivity contribution in [1.29, 1.82) is 0 Å². The molecule has 2 N–H and O–H groups in total. The van der Waals surface area contributed by atoms with Crippen LogP contribution in [0.4, 0.5) is 5.82 Å². The predicted octanol–water partition coefficient (Wildman–Crippen LogP) is 1.80. The Morgan fingerprint density at radius 1 is 1.26 bits per heavy atom. The maximum absolute atomic E-state index is 5.64. The van der Waals surface area contributed by atoms with Gasteiger partial charge in [-0.2, -0.15) is 0 Å². The van der Waals surface area contributed by atoms with E-state index in [-0.39, 0.29) is 0 Å². The Morgan fingerprint density at radius 2 is 2.16 bits per heavy atom. The lowest BCUT2D eigenvalue weighted by Crippen LogP contribution is -2.13. The minimum absolute atomic E-state index is 0.369. The summed E-state index contributed by atoms with van der Waals surface area (Å²) < 4.78 is 0.999. The van der Waals surface area contributed by atoms with E-state index in [0.29, 0.717) is 23.6 Å². The topological polar surface area (TPSA) is 78.8 Å². The van der Waals surface area contributed by atoms with Crippen LogP contribution in [0.3, 0.4) is 0 Å². The van der Waals surface area contributed by atoms with Gasteiger partial charge in [-0.25, -0.2) is 4.98 Å². The van der Waals surface area contributed by atoms with E-state index in [1.165, 1.54) is 4.85 Å². The molecule has 0 unspecified atom stereocenters. The van der Waals surface area contributed by atoms with Gasteiger partial charge in [0.15, 0.2) is 0 Å². The van der Waals surface area contributed by atoms with Gasteiger partial charge in [0.2, 0.25) is 5.65 Å². The molecule has 0 bridgehead atoms. The summed E-state index contributed by atoms with van der Waals surface area (Å²) in [6, 6.07) is 11.3. The minimum atomic E-state index is 0.369. The number of anilines is 1. The molecular formula is C12H10BrN5O. The number of nitrogens with two attached hydrogens (primary N) is 1. The van der Waals surface area contributed by atoms with Crippen molar-refractivity contribution in [2.24, 2.45) is 0 Å². The van der Waals surface area contributed by atoms with E-state index >= 15 is 0 Å². The van der Waals surface area contributed by atoms with E-state index in [1.807, 2.05) is 24.3 Å². The summed E-state index contributed by atoms with van der Waals surface area (Å²) in [6.45, 7) is 0.369. The van der Waals surface area contributed by atoms with Crippen LogP contribution >= 0.6 is 15.9 Å². The average Bonchev–Trinajstić information content (AvgIpc) is 2.79. The lowest BCUT2D eigenvalue weighted by atomic mass is 10.2. The first-order valence-corrected chi connectivity index (χ1v) is 6.37. The molecule has 6 nitrogen and oxygen atoms in total. The number of fused-ring (bicyclic) bond motifs is 1. The number of hydrogen-bond donors (Lipinski definition) is 1. The van der Waals surface area contributed by atoms with E-state index in [4.69, 9.17) is 10.6 Å². The first kappa shape index (κ1) is 11.9. The summed E-state index contributed by atoms with van der Waals surface area (Å²) in [5.41, 5.74) is 7.80. The molecule has 96 valence electrons. The number of hydrogen-bond acceptors (Lipinski definition) is 5. The molecule has 0 spiro atoms. The molecule has 0 atom stereocenters. The third-order valence-electron chi connectivity index (χ3n) is 2.53. The fourth-order valence-corrected chi connectivity index (χ4v) is 2.10. The molecule has 0 fully saturated rings. The number of rotatable bonds is 3. The van der Waals surface area contributed by atoms with E-state index in [2.05, 4.69) is 31.2 Å². The van der Waals surface area contributed by atoms with Gasteiger partial charge in [-0.05, 0) is 35.0 Å². The van der Waals surface area contributed by atoms with Crippen molar-refractivity contribution >= 4 is 32.9 Å². The standard InChI is InChI=1S/C12H10BrN5O/c13-9-3-1-2-8(6-9)7-19-18-12-10(16-17-18)4-5-11(14)15-12/h1-6H,7H2,(H2,14,15). The lowest BCUT2D eigenvalue weighted by molar-refractivity contribution is 0.0739. The maximum Gasteiger partial charge on any atom is 0.221 e. The van der Waals surface area contributed by atoms with E-state index < -0.39 is 0 Å². The monoisotopic (exact) mass is 319 g/mol. The quantitative estimate of drug-likeness (QED) is 0.796. The molecule has 0 amide bonds. The van der Waals surface area contributed by atoms with Crippen LogP contribution in [0, 0.1) is 0 Å². The van der Waals surface area contributed by atoms with Gasteiger partial charge in [0.05, 0.1) is 0 Å². The van der Waals surface area contributed by atoms with Crippen LogP contribution < -0.4 is 10.6 Å². The van der Waals surface area contributed by atoms with Crippen molar-refractivity contribution < 1.29 is 4.84 Å². The number of benzene rings is 1. The van der Waals surface area contributed by atoms with Gasteiger partial charge in [0, 0.05) is 4.47 Å². The Morgan fingerprint density at radius 3 is 3.00 bits per heavy atom. The van der Waals surface area contributed by atoms with E-state index in [1.54, 1.807) is 12.1 Å². The zero-order valence-electron chi connectivity index (χ0n) is 9.82. The van der Waals surface area contributed by atoms with Crippen LogP contribution in [0.1, 0.15) is 5.56 Å². The number of pyridine rings is 1. The number of halogens is 1. The summed E-state index contributed by atoms with van der Waals surface area (Å²) in [7, 11) is 0. The van der Waals surface area contributed by atoms with Crippen molar-refractivity contribution in [3.63, 3.8) is 0 Å². The molecule has 1 aromatic carbocycles. The molecule has 0 saturated heterocycles. The molecule has 0 aliphatic heterocycles. The Kier molecular flexibility index (Phi) is 3.04. The highest BCUT2D eigenvalue weighted by atomic mass is 79.9. The molecule has 3 aromatic rings. The van der Waals surface area contributed by atoms with E-state index in [9.17, 15) is 0 Å². The fraction of sp³-hybridized carbons (Fsp3) is 0.0833. The van der Waals surface area contributed by atoms with Gasteiger partial charge in [-0.1, -0.05) is 32.9 Å². The number of aromatic nitrogens is 4. The van der Waals surface area contributed by atoms with Crippen LogP contribution in [0.25, 0.3) is 11.2 Å². The summed E-state index contributed by atoms with van der Waals surface area (Å²) in [5.74, 6) is 0.405. The van der Waals surface area contributed by atoms with Gasteiger partial charge in [-0.3, -0.25) is 0 Å². The summed E-state index contributed by atoms with van der Waals surface area (Å²) >= 11 is 3.41. The van der Waals surface area contributed by atoms with E-state index in [0.717, 1.165) is 10.0 Å². The van der Waals surface area contributed by atoms with Crippen LogP contribution in [0.5, 0.6) is 0 Å². The van der Waals surface area contributed by atoms with Gasteiger partial charge in [-0.15, -0.1) is 5.10 Å². The fourth-order valence-electron chi connectivity index (χ4n) is 1.66. The van der Waals surface area contributed by atoms with Crippen molar-refractivity contribution in [3.8, 4) is 0 Å². The van der Waals surface area contributed by atoms with Crippen LogP contribution in [0.2, 0.25) is 0 Å². The number of nitrogens with zero attached hydrogens (tertiary/aromatic N) is 4. The van der Waals surface area contributed by atoms with Crippen molar-refractivity contribution in [3.05, 3.63) is 46.4 Å². The average molecular weight is 320 g/mol. The first-order chi connectivity index (χ1) is 9.22. The Balaban J connectivity index is 1.84. The normalized spacial score (nSPS) is 10.8. The van der Waals surface area contributed by atoms with Crippen molar-refractivity contribution in [2.75, 3.05) is 5.73 Å². The van der Waals surface area contributed by atoms with Crippen molar-refractivity contribution in [2.45, 2.75) is 6.61 Å². The number of nitrogen functional groups attached to an aromatic ring is 1. The summed E-state index contributed by atoms with van der Waals surface area (Å²) in [5, 5.41) is 7.84. The zero-order valence-corrected chi connectivity index (χ0v) is 11.4. The van der Waals surface area contributed by atoms with Crippen molar-refractivity contribution in [1.82, 2.24) is 20.1 Å². The largest absolute Gasteiger partial charge is 0.389 e. The van der Waals surface area contributed by atoms with Crippen LogP contribution in [0.15, 0.2) is 40.9 Å². The molecule has 0 radical (unpaired) electrons. The van der Waals surface area contributed by atoms with Gasteiger partial charge >= 0.3 is 0 Å². The molecule has 2 aromatic heterocycles. The highest BCUT2D eigenvalue weighted by molar-refractivity contribution is 9.10. The van der Waals surface area contributed by atoms with Crippen LogP contribution in [-0.2, 0) is 6.61 Å². The molecular weight excluding hydrogens is 310 g/mol. The first-order valence-electron chi connectivity index (χ1n) is 5.58. The minimum Gasteiger partial charge on any atom is -0.389 e. The Bertz CT molecular complexity index is 727. The lowest BCUT2D eigenvalue weighted by Gasteiger charge is -2.05. The summed E-state index contributed by atoms with van der Waals surface area (Å²) in [6.07, 6.45) is 0. The smallest absolute Gasteiger partial charge is 0.221 e.